The van der Waals surface area contributed by atoms with Gasteiger partial charge in [-0.3, -0.25) is 9.48 Å². The fraction of sp³-hybridized carbons (Fsp3) is 0.292. The van der Waals surface area contributed by atoms with Crippen LogP contribution in [-0.4, -0.2) is 43.1 Å². The van der Waals surface area contributed by atoms with Crippen LogP contribution < -0.4 is 0 Å². The number of H-pyrrole nitrogens is 1. The summed E-state index contributed by atoms with van der Waals surface area (Å²) < 4.78 is 42.6. The van der Waals surface area contributed by atoms with Crippen molar-refractivity contribution >= 4 is 16.9 Å². The van der Waals surface area contributed by atoms with E-state index in [1.54, 1.807) is 30.3 Å². The Morgan fingerprint density at radius 3 is 2.70 bits per heavy atom. The number of rotatable bonds is 4. The Kier molecular flexibility index (Phi) is 5.39. The van der Waals surface area contributed by atoms with E-state index in [-0.39, 0.29) is 23.3 Å². The number of halogens is 3. The molecule has 2 aromatic heterocycles. The van der Waals surface area contributed by atoms with Crippen molar-refractivity contribution in [2.75, 3.05) is 6.54 Å². The van der Waals surface area contributed by atoms with E-state index >= 15 is 0 Å². The Labute approximate surface area is 188 Å². The second kappa shape index (κ2) is 8.38. The Balaban J connectivity index is 1.45. The number of benzene rings is 2. The normalized spacial score (nSPS) is 16.5. The first-order valence-corrected chi connectivity index (χ1v) is 10.8. The van der Waals surface area contributed by atoms with Crippen LogP contribution in [0.3, 0.4) is 0 Å². The summed E-state index contributed by atoms with van der Waals surface area (Å²) in [5.74, 6) is -1.95. The van der Waals surface area contributed by atoms with E-state index in [1.807, 2.05) is 0 Å². The fourth-order valence-corrected chi connectivity index (χ4v) is 4.54. The van der Waals surface area contributed by atoms with Gasteiger partial charge in [-0.1, -0.05) is 12.1 Å². The summed E-state index contributed by atoms with van der Waals surface area (Å²) in [5.41, 5.74) is 2.14. The predicted octanol–water partition coefficient (Wildman–Crippen LogP) is 4.62. The number of aromatic nitrogens is 4. The van der Waals surface area contributed by atoms with Gasteiger partial charge in [-0.2, -0.15) is 5.10 Å². The van der Waals surface area contributed by atoms with Crippen LogP contribution in [0.1, 0.15) is 35.6 Å². The number of nitrogens with zero attached hydrogens (tertiary/aromatic N) is 4. The first-order valence-electron chi connectivity index (χ1n) is 10.8. The van der Waals surface area contributed by atoms with Gasteiger partial charge in [0.15, 0.2) is 11.6 Å². The molecule has 1 aliphatic heterocycles. The SMILES string of the molecule is Cn1ncc(-c2ccc(F)cc2)c1C(=O)N1CCCCC1Cc1nc2c(F)c(F)ccc2[nH]1. The van der Waals surface area contributed by atoms with Gasteiger partial charge in [0.2, 0.25) is 0 Å². The summed E-state index contributed by atoms with van der Waals surface area (Å²) in [7, 11) is 1.70. The maximum atomic E-state index is 14.1. The minimum atomic E-state index is -0.981. The second-order valence-corrected chi connectivity index (χ2v) is 8.33. The minimum absolute atomic E-state index is 0.0380. The number of piperidine rings is 1. The number of imidazole rings is 1. The first kappa shape index (κ1) is 21.2. The summed E-state index contributed by atoms with van der Waals surface area (Å²) in [6.45, 7) is 0.570. The number of amides is 1. The van der Waals surface area contributed by atoms with Gasteiger partial charge in [0.1, 0.15) is 22.9 Å². The molecule has 9 heteroatoms. The molecule has 5 rings (SSSR count). The average Bonchev–Trinajstić information content (AvgIpc) is 3.40. The van der Waals surface area contributed by atoms with Crippen LogP contribution in [0.5, 0.6) is 0 Å². The quantitative estimate of drug-likeness (QED) is 0.491. The lowest BCUT2D eigenvalue weighted by Crippen LogP contribution is -2.45. The molecule has 4 aromatic rings. The van der Waals surface area contributed by atoms with Crippen LogP contribution >= 0.6 is 0 Å². The van der Waals surface area contributed by atoms with E-state index in [2.05, 4.69) is 15.1 Å². The largest absolute Gasteiger partial charge is 0.342 e. The Morgan fingerprint density at radius 1 is 1.12 bits per heavy atom. The fourth-order valence-electron chi connectivity index (χ4n) is 4.54. The molecule has 0 aliphatic carbocycles. The van der Waals surface area contributed by atoms with E-state index in [9.17, 15) is 18.0 Å². The molecule has 0 bridgehead atoms. The van der Waals surface area contributed by atoms with Crippen LogP contribution in [0.15, 0.2) is 42.6 Å². The van der Waals surface area contributed by atoms with Gasteiger partial charge in [-0.05, 0) is 49.1 Å². The molecule has 0 radical (unpaired) electrons. The molecule has 33 heavy (non-hydrogen) atoms. The van der Waals surface area contributed by atoms with Gasteiger partial charge >= 0.3 is 0 Å². The van der Waals surface area contributed by atoms with Crippen LogP contribution in [0.25, 0.3) is 22.2 Å². The summed E-state index contributed by atoms with van der Waals surface area (Å²) >= 11 is 0. The van der Waals surface area contributed by atoms with Crippen LogP contribution in [0, 0.1) is 17.5 Å². The number of carbonyl (C=O) groups is 1. The third-order valence-corrected chi connectivity index (χ3v) is 6.21. The summed E-state index contributed by atoms with van der Waals surface area (Å²) in [5, 5.41) is 4.27. The highest BCUT2D eigenvalue weighted by atomic mass is 19.2. The third-order valence-electron chi connectivity index (χ3n) is 6.21. The molecule has 0 spiro atoms. The molecule has 170 valence electrons. The van der Waals surface area contributed by atoms with Crippen molar-refractivity contribution in [2.24, 2.45) is 7.05 Å². The summed E-state index contributed by atoms with van der Waals surface area (Å²) in [6, 6.07) is 8.31. The van der Waals surface area contributed by atoms with Gasteiger partial charge in [0, 0.05) is 31.6 Å². The standard InChI is InChI=1S/C24H22F3N5O/c1-31-23(17(13-28-31)14-5-7-15(25)8-6-14)24(33)32-11-3-2-4-16(32)12-20-29-19-10-9-18(26)21(27)22(19)30-20/h5-10,13,16H,2-4,11-12H2,1H3,(H,29,30). The predicted molar refractivity (Wildman–Crippen MR) is 117 cm³/mol. The number of likely N-dealkylation sites (tertiary alicyclic amines) is 1. The summed E-state index contributed by atoms with van der Waals surface area (Å²) in [4.78, 5) is 22.8. The molecule has 1 amide bonds. The molecular formula is C24H22F3N5O. The van der Waals surface area contributed by atoms with Crippen molar-refractivity contribution in [1.29, 1.82) is 0 Å². The zero-order valence-corrected chi connectivity index (χ0v) is 18.0. The maximum absolute atomic E-state index is 14.1. The third kappa shape index (κ3) is 3.88. The Bertz CT molecular complexity index is 1330. The first-order chi connectivity index (χ1) is 15.9. The lowest BCUT2D eigenvalue weighted by atomic mass is 9.97. The molecule has 1 aliphatic rings. The van der Waals surface area contributed by atoms with Crippen molar-refractivity contribution in [3.8, 4) is 11.1 Å². The van der Waals surface area contributed by atoms with Gasteiger partial charge < -0.3 is 9.88 Å². The van der Waals surface area contributed by atoms with Crippen molar-refractivity contribution in [2.45, 2.75) is 31.7 Å². The number of hydrogen-bond acceptors (Lipinski definition) is 3. The molecule has 3 heterocycles. The lowest BCUT2D eigenvalue weighted by molar-refractivity contribution is 0.0601. The molecule has 6 nitrogen and oxygen atoms in total. The van der Waals surface area contributed by atoms with E-state index in [4.69, 9.17) is 0 Å². The van der Waals surface area contributed by atoms with Crippen LogP contribution in [0.2, 0.25) is 0 Å². The topological polar surface area (TPSA) is 66.8 Å². The van der Waals surface area contributed by atoms with Crippen molar-refractivity contribution in [3.63, 3.8) is 0 Å². The second-order valence-electron chi connectivity index (χ2n) is 8.33. The molecule has 1 fully saturated rings. The molecule has 1 unspecified atom stereocenters. The van der Waals surface area contributed by atoms with Crippen LogP contribution in [-0.2, 0) is 13.5 Å². The Morgan fingerprint density at radius 2 is 1.91 bits per heavy atom. The lowest BCUT2D eigenvalue weighted by Gasteiger charge is -2.35. The molecule has 2 aromatic carbocycles. The van der Waals surface area contributed by atoms with Crippen molar-refractivity contribution < 1.29 is 18.0 Å². The highest BCUT2D eigenvalue weighted by Gasteiger charge is 2.32. The molecule has 1 atom stereocenters. The van der Waals surface area contributed by atoms with Gasteiger partial charge in [0.05, 0.1) is 11.7 Å². The number of aromatic amines is 1. The minimum Gasteiger partial charge on any atom is -0.342 e. The Hall–Kier alpha value is -3.62. The highest BCUT2D eigenvalue weighted by molar-refractivity contribution is 5.99. The van der Waals surface area contributed by atoms with Crippen molar-refractivity contribution in [3.05, 3.63) is 71.6 Å². The molecule has 1 N–H and O–H groups in total. The summed E-state index contributed by atoms with van der Waals surface area (Å²) in [6.07, 6.45) is 4.59. The number of nitrogens with one attached hydrogen (secondary N) is 1. The van der Waals surface area contributed by atoms with Gasteiger partial charge in [0.25, 0.3) is 5.91 Å². The molecule has 0 saturated carbocycles. The van der Waals surface area contributed by atoms with Crippen LogP contribution in [0.4, 0.5) is 13.2 Å². The smallest absolute Gasteiger partial charge is 0.273 e. The molecule has 1 saturated heterocycles. The number of aryl methyl sites for hydroxylation is 1. The monoisotopic (exact) mass is 453 g/mol. The van der Waals surface area contributed by atoms with E-state index < -0.39 is 11.6 Å². The number of carbonyl (C=O) groups excluding carboxylic acids is 1. The average molecular weight is 453 g/mol. The van der Waals surface area contributed by atoms with E-state index in [0.29, 0.717) is 41.1 Å². The van der Waals surface area contributed by atoms with E-state index in [0.717, 1.165) is 25.3 Å². The number of hydrogen-bond donors (Lipinski definition) is 1. The van der Waals surface area contributed by atoms with Gasteiger partial charge in [-0.25, -0.2) is 18.2 Å². The zero-order valence-electron chi connectivity index (χ0n) is 18.0. The van der Waals surface area contributed by atoms with E-state index in [1.165, 1.54) is 22.9 Å². The zero-order chi connectivity index (χ0) is 23.1. The number of fused-ring (bicyclic) bond motifs is 1. The van der Waals surface area contributed by atoms with Crippen molar-refractivity contribution in [1.82, 2.24) is 24.6 Å². The highest BCUT2D eigenvalue weighted by Crippen LogP contribution is 2.29. The maximum Gasteiger partial charge on any atom is 0.273 e. The molecular weight excluding hydrogens is 431 g/mol. The van der Waals surface area contributed by atoms with Gasteiger partial charge in [-0.15, -0.1) is 0 Å².